The van der Waals surface area contributed by atoms with Gasteiger partial charge in [-0.25, -0.2) is 9.59 Å². The smallest absolute Gasteiger partial charge is 0.407 e. The Labute approximate surface area is 197 Å². The number of carboxylic acids is 1. The number of amides is 2. The molecular formula is C25H28N2O7. The lowest BCUT2D eigenvalue weighted by atomic mass is 9.98. The summed E-state index contributed by atoms with van der Waals surface area (Å²) in [6.45, 7) is 1.53. The molecule has 4 atom stereocenters. The molecular weight excluding hydrogens is 440 g/mol. The van der Waals surface area contributed by atoms with Crippen LogP contribution in [0.4, 0.5) is 4.79 Å². The maximum absolute atomic E-state index is 13.1. The first-order valence-corrected chi connectivity index (χ1v) is 11.2. The molecule has 1 aliphatic carbocycles. The molecule has 0 radical (unpaired) electrons. The van der Waals surface area contributed by atoms with E-state index in [4.69, 9.17) is 9.47 Å². The van der Waals surface area contributed by atoms with Gasteiger partial charge in [0.1, 0.15) is 18.7 Å². The molecule has 2 amide bonds. The van der Waals surface area contributed by atoms with E-state index in [2.05, 4.69) is 5.32 Å². The summed E-state index contributed by atoms with van der Waals surface area (Å²) in [6.07, 6.45) is -2.57. The van der Waals surface area contributed by atoms with Crippen molar-refractivity contribution in [2.75, 3.05) is 20.3 Å². The van der Waals surface area contributed by atoms with Crippen LogP contribution in [0.3, 0.4) is 0 Å². The first-order chi connectivity index (χ1) is 16.3. The number of β-amino-alcohol motifs (C(OH)–C–C–N with tert-alkyl or cyclic N) is 1. The first kappa shape index (κ1) is 23.7. The monoisotopic (exact) mass is 468 g/mol. The first-order valence-electron chi connectivity index (χ1n) is 11.2. The second kappa shape index (κ2) is 9.82. The third kappa shape index (κ3) is 4.49. The molecule has 1 aliphatic heterocycles. The van der Waals surface area contributed by atoms with E-state index in [1.54, 1.807) is 6.92 Å². The van der Waals surface area contributed by atoms with Gasteiger partial charge in [-0.2, -0.15) is 0 Å². The van der Waals surface area contributed by atoms with Crippen LogP contribution in [-0.2, 0) is 19.1 Å². The number of carboxylic acid groups (broad SMARTS) is 1. The number of ether oxygens (including phenoxy) is 2. The van der Waals surface area contributed by atoms with Gasteiger partial charge in [0.2, 0.25) is 5.91 Å². The molecule has 2 aliphatic rings. The zero-order valence-corrected chi connectivity index (χ0v) is 19.0. The molecule has 2 aromatic rings. The Morgan fingerprint density at radius 3 is 2.24 bits per heavy atom. The molecule has 3 N–H and O–H groups in total. The van der Waals surface area contributed by atoms with Crippen molar-refractivity contribution < 1.29 is 34.1 Å². The highest BCUT2D eigenvalue weighted by atomic mass is 16.5. The number of aliphatic hydroxyl groups excluding tert-OH is 1. The number of carbonyl (C=O) groups is 3. The Bertz CT molecular complexity index is 1040. The lowest BCUT2D eigenvalue weighted by Crippen LogP contribution is -2.56. The van der Waals surface area contributed by atoms with Gasteiger partial charge in [-0.05, 0) is 29.2 Å². The number of methoxy groups -OCH3 is 1. The molecule has 0 bridgehead atoms. The van der Waals surface area contributed by atoms with Crippen LogP contribution in [-0.4, -0.2) is 77.6 Å². The zero-order valence-electron chi connectivity index (χ0n) is 19.0. The van der Waals surface area contributed by atoms with Crippen LogP contribution in [0.15, 0.2) is 48.5 Å². The van der Waals surface area contributed by atoms with Gasteiger partial charge in [-0.1, -0.05) is 48.5 Å². The van der Waals surface area contributed by atoms with Crippen LogP contribution in [0.2, 0.25) is 0 Å². The van der Waals surface area contributed by atoms with Crippen molar-refractivity contribution >= 4 is 18.0 Å². The highest BCUT2D eigenvalue weighted by Gasteiger charge is 2.43. The van der Waals surface area contributed by atoms with E-state index >= 15 is 0 Å². The SMILES string of the molecule is CO[C@H](C)[C@H](NC(=O)OCC1c2ccccc2-c2ccccc21)C(=O)N1C[C@H](O)C[C@@H]1C(=O)O. The summed E-state index contributed by atoms with van der Waals surface area (Å²) in [5, 5.41) is 21.9. The molecule has 0 spiro atoms. The fourth-order valence-electron chi connectivity index (χ4n) is 4.75. The standard InChI is InChI=1S/C25H28N2O7/c1-14(33-2)22(23(29)27-12-15(28)11-21(27)24(30)31)26-25(32)34-13-20-18-9-5-3-7-16(18)17-8-4-6-10-19(17)20/h3-10,14-15,20-22,28H,11-13H2,1-2H3,(H,26,32)(H,30,31)/t14-,15-,21-,22+/m1/s1. The molecule has 4 rings (SSSR count). The van der Waals surface area contributed by atoms with E-state index in [1.165, 1.54) is 7.11 Å². The number of carbonyl (C=O) groups excluding carboxylic acids is 2. The van der Waals surface area contributed by atoms with Gasteiger partial charge in [-0.15, -0.1) is 0 Å². The quantitative estimate of drug-likeness (QED) is 0.567. The third-order valence-corrected chi connectivity index (χ3v) is 6.57. The number of likely N-dealkylation sites (tertiary alicyclic amines) is 1. The number of nitrogens with one attached hydrogen (secondary N) is 1. The van der Waals surface area contributed by atoms with Crippen LogP contribution >= 0.6 is 0 Å². The average Bonchev–Trinajstić information content (AvgIpc) is 3.38. The maximum atomic E-state index is 13.1. The topological polar surface area (TPSA) is 125 Å². The number of fused-ring (bicyclic) bond motifs is 3. The maximum Gasteiger partial charge on any atom is 0.407 e. The van der Waals surface area contributed by atoms with E-state index in [0.29, 0.717) is 0 Å². The van der Waals surface area contributed by atoms with Crippen molar-refractivity contribution in [2.24, 2.45) is 0 Å². The van der Waals surface area contributed by atoms with Crippen LogP contribution in [0.1, 0.15) is 30.4 Å². The van der Waals surface area contributed by atoms with Crippen LogP contribution in [0.5, 0.6) is 0 Å². The molecule has 180 valence electrons. The Hall–Kier alpha value is -3.43. The number of nitrogens with zero attached hydrogens (tertiary/aromatic N) is 1. The number of aliphatic carboxylic acids is 1. The van der Waals surface area contributed by atoms with Crippen molar-refractivity contribution in [1.29, 1.82) is 0 Å². The van der Waals surface area contributed by atoms with E-state index in [0.717, 1.165) is 27.2 Å². The van der Waals surface area contributed by atoms with Gasteiger partial charge >= 0.3 is 12.1 Å². The Kier molecular flexibility index (Phi) is 6.85. The Balaban J connectivity index is 1.46. The largest absolute Gasteiger partial charge is 0.480 e. The molecule has 9 nitrogen and oxygen atoms in total. The van der Waals surface area contributed by atoms with Gasteiger partial charge in [-0.3, -0.25) is 4.79 Å². The number of hydrogen-bond donors (Lipinski definition) is 3. The van der Waals surface area contributed by atoms with Crippen LogP contribution < -0.4 is 5.32 Å². The number of aliphatic hydroxyl groups is 1. The minimum atomic E-state index is -1.21. The highest BCUT2D eigenvalue weighted by molar-refractivity contribution is 5.90. The molecule has 1 saturated heterocycles. The molecule has 9 heteroatoms. The average molecular weight is 469 g/mol. The fraction of sp³-hybridized carbons (Fsp3) is 0.400. The van der Waals surface area contributed by atoms with E-state index in [9.17, 15) is 24.6 Å². The fourth-order valence-corrected chi connectivity index (χ4v) is 4.75. The molecule has 1 heterocycles. The second-order valence-electron chi connectivity index (χ2n) is 8.62. The minimum Gasteiger partial charge on any atom is -0.480 e. The summed E-state index contributed by atoms with van der Waals surface area (Å²) in [4.78, 5) is 38.5. The molecule has 0 saturated carbocycles. The number of alkyl carbamates (subject to hydrolysis) is 1. The van der Waals surface area contributed by atoms with Crippen molar-refractivity contribution in [3.63, 3.8) is 0 Å². The van der Waals surface area contributed by atoms with Gasteiger partial charge in [0.25, 0.3) is 0 Å². The number of benzene rings is 2. The van der Waals surface area contributed by atoms with Gasteiger partial charge < -0.3 is 29.9 Å². The van der Waals surface area contributed by atoms with Gasteiger partial charge in [0.05, 0.1) is 12.2 Å². The molecule has 34 heavy (non-hydrogen) atoms. The molecule has 0 aromatic heterocycles. The summed E-state index contributed by atoms with van der Waals surface area (Å²) in [7, 11) is 1.39. The van der Waals surface area contributed by atoms with Crippen molar-refractivity contribution in [3.8, 4) is 11.1 Å². The summed E-state index contributed by atoms with van der Waals surface area (Å²) < 4.78 is 10.8. The highest BCUT2D eigenvalue weighted by Crippen LogP contribution is 2.44. The van der Waals surface area contributed by atoms with Gasteiger partial charge in [0.15, 0.2) is 0 Å². The normalized spacial score (nSPS) is 20.9. The minimum absolute atomic E-state index is 0.0693. The predicted molar refractivity (Wildman–Crippen MR) is 122 cm³/mol. The Morgan fingerprint density at radius 2 is 1.68 bits per heavy atom. The lowest BCUT2D eigenvalue weighted by Gasteiger charge is -2.29. The molecule has 0 unspecified atom stereocenters. The predicted octanol–water partition coefficient (Wildman–Crippen LogP) is 1.97. The van der Waals surface area contributed by atoms with Crippen molar-refractivity contribution in [1.82, 2.24) is 10.2 Å². The second-order valence-corrected chi connectivity index (χ2v) is 8.62. The zero-order chi connectivity index (χ0) is 24.4. The summed E-state index contributed by atoms with van der Waals surface area (Å²) in [5.74, 6) is -2.00. The third-order valence-electron chi connectivity index (χ3n) is 6.57. The van der Waals surface area contributed by atoms with Gasteiger partial charge in [0, 0.05) is 26.0 Å². The van der Waals surface area contributed by atoms with E-state index in [-0.39, 0.29) is 25.5 Å². The summed E-state index contributed by atoms with van der Waals surface area (Å²) in [5.41, 5.74) is 4.32. The van der Waals surface area contributed by atoms with Crippen molar-refractivity contribution in [2.45, 2.75) is 43.6 Å². The van der Waals surface area contributed by atoms with Crippen LogP contribution in [0, 0.1) is 0 Å². The Morgan fingerprint density at radius 1 is 1.09 bits per heavy atom. The molecule has 2 aromatic carbocycles. The van der Waals surface area contributed by atoms with Crippen LogP contribution in [0.25, 0.3) is 11.1 Å². The number of hydrogen-bond acceptors (Lipinski definition) is 6. The van der Waals surface area contributed by atoms with Crippen molar-refractivity contribution in [3.05, 3.63) is 59.7 Å². The molecule has 1 fully saturated rings. The lowest BCUT2D eigenvalue weighted by molar-refractivity contribution is -0.150. The summed E-state index contributed by atoms with van der Waals surface area (Å²) >= 11 is 0. The van der Waals surface area contributed by atoms with E-state index < -0.39 is 42.3 Å². The summed E-state index contributed by atoms with van der Waals surface area (Å²) in [6, 6.07) is 13.6. The van der Waals surface area contributed by atoms with E-state index in [1.807, 2.05) is 48.5 Å². The number of rotatable bonds is 7.